The van der Waals surface area contributed by atoms with Crippen molar-refractivity contribution >= 4 is 27.7 Å². The summed E-state index contributed by atoms with van der Waals surface area (Å²) in [5.41, 5.74) is 3.07. The van der Waals surface area contributed by atoms with Gasteiger partial charge in [-0.3, -0.25) is 0 Å². The van der Waals surface area contributed by atoms with E-state index in [2.05, 4.69) is 45.7 Å². The molecule has 0 amide bonds. The maximum absolute atomic E-state index is 3.74. The predicted octanol–water partition coefficient (Wildman–Crippen LogP) is 4.43. The molecule has 0 heterocycles. The van der Waals surface area contributed by atoms with Crippen molar-refractivity contribution in [3.05, 3.63) is 33.8 Å². The first-order valence-corrected chi connectivity index (χ1v) is 9.48. The molecule has 0 fully saturated rings. The van der Waals surface area contributed by atoms with Gasteiger partial charge in [0.05, 0.1) is 0 Å². The van der Waals surface area contributed by atoms with Gasteiger partial charge in [0.1, 0.15) is 0 Å². The van der Waals surface area contributed by atoms with E-state index in [0.29, 0.717) is 6.04 Å². The number of rotatable bonds is 7. The summed E-state index contributed by atoms with van der Waals surface area (Å²) < 4.78 is 1.21. The van der Waals surface area contributed by atoms with E-state index in [1.807, 2.05) is 11.8 Å². The molecular formula is C16H24BrNS. The molecule has 1 N–H and O–H groups in total. The Morgan fingerprint density at radius 1 is 1.26 bits per heavy atom. The largest absolute Gasteiger partial charge is 0.314 e. The number of unbranched alkanes of at least 4 members (excludes halogenated alkanes) is 2. The summed E-state index contributed by atoms with van der Waals surface area (Å²) in [5, 5.41) is 3.74. The molecule has 1 atom stereocenters. The molecular weight excluding hydrogens is 318 g/mol. The number of aryl methyl sites for hydroxylation is 1. The van der Waals surface area contributed by atoms with Crippen LogP contribution in [0.1, 0.15) is 36.8 Å². The molecule has 0 aliphatic heterocycles. The molecule has 2 rings (SSSR count). The minimum Gasteiger partial charge on any atom is -0.314 e. The Balaban J connectivity index is 1.69. The van der Waals surface area contributed by atoms with Crippen LogP contribution in [0.25, 0.3) is 0 Å². The second-order valence-electron chi connectivity index (χ2n) is 5.36. The predicted molar refractivity (Wildman–Crippen MR) is 90.2 cm³/mol. The Hall–Kier alpha value is 0.01000. The number of thioether (sulfide) groups is 1. The first-order chi connectivity index (χ1) is 9.29. The molecule has 1 unspecified atom stereocenters. The SMILES string of the molecule is CSCCCCCNC1CCc2cc(Br)ccc2C1. The number of halogens is 1. The standard InChI is InChI=1S/C16H24BrNS/c1-19-10-4-2-3-9-18-16-8-6-13-11-15(17)7-5-14(13)12-16/h5,7,11,16,18H,2-4,6,8-10,12H2,1H3. The van der Waals surface area contributed by atoms with E-state index in [1.54, 1.807) is 0 Å². The molecule has 3 heteroatoms. The number of hydrogen-bond acceptors (Lipinski definition) is 2. The minimum atomic E-state index is 0.689. The summed E-state index contributed by atoms with van der Waals surface area (Å²) in [4.78, 5) is 0. The van der Waals surface area contributed by atoms with E-state index in [9.17, 15) is 0 Å². The quantitative estimate of drug-likeness (QED) is 0.736. The van der Waals surface area contributed by atoms with E-state index in [4.69, 9.17) is 0 Å². The van der Waals surface area contributed by atoms with E-state index in [0.717, 1.165) is 0 Å². The molecule has 0 saturated carbocycles. The number of fused-ring (bicyclic) bond motifs is 1. The lowest BCUT2D eigenvalue weighted by Gasteiger charge is -2.25. The van der Waals surface area contributed by atoms with Gasteiger partial charge in [-0.05, 0) is 73.9 Å². The van der Waals surface area contributed by atoms with Crippen LogP contribution in [0.3, 0.4) is 0 Å². The Morgan fingerprint density at radius 3 is 3.00 bits per heavy atom. The smallest absolute Gasteiger partial charge is 0.0178 e. The highest BCUT2D eigenvalue weighted by Gasteiger charge is 2.17. The maximum atomic E-state index is 3.74. The highest BCUT2D eigenvalue weighted by molar-refractivity contribution is 9.10. The number of benzene rings is 1. The molecule has 0 aromatic heterocycles. The summed E-state index contributed by atoms with van der Waals surface area (Å²) >= 11 is 5.52. The van der Waals surface area contributed by atoms with Crippen molar-refractivity contribution in [2.75, 3.05) is 18.6 Å². The van der Waals surface area contributed by atoms with Crippen LogP contribution in [0.5, 0.6) is 0 Å². The van der Waals surface area contributed by atoms with Crippen molar-refractivity contribution in [1.29, 1.82) is 0 Å². The Morgan fingerprint density at radius 2 is 2.16 bits per heavy atom. The minimum absolute atomic E-state index is 0.689. The Kier molecular flexibility index (Phi) is 6.75. The van der Waals surface area contributed by atoms with Crippen LogP contribution in [0.15, 0.2) is 22.7 Å². The van der Waals surface area contributed by atoms with Gasteiger partial charge in [-0.15, -0.1) is 0 Å². The van der Waals surface area contributed by atoms with E-state index in [1.165, 1.54) is 66.4 Å². The summed E-state index contributed by atoms with van der Waals surface area (Å²) in [6, 6.07) is 7.43. The summed E-state index contributed by atoms with van der Waals surface area (Å²) in [6.07, 6.45) is 9.95. The van der Waals surface area contributed by atoms with Crippen molar-refractivity contribution in [3.63, 3.8) is 0 Å². The Bertz CT molecular complexity index is 394. The van der Waals surface area contributed by atoms with Gasteiger partial charge >= 0.3 is 0 Å². The molecule has 1 aliphatic rings. The molecule has 1 nitrogen and oxygen atoms in total. The van der Waals surface area contributed by atoms with Crippen molar-refractivity contribution in [3.8, 4) is 0 Å². The zero-order chi connectivity index (χ0) is 13.5. The van der Waals surface area contributed by atoms with Crippen molar-refractivity contribution in [1.82, 2.24) is 5.32 Å². The van der Waals surface area contributed by atoms with Crippen molar-refractivity contribution in [2.45, 2.75) is 44.6 Å². The monoisotopic (exact) mass is 341 g/mol. The van der Waals surface area contributed by atoms with E-state index < -0.39 is 0 Å². The lowest BCUT2D eigenvalue weighted by atomic mass is 9.88. The first-order valence-electron chi connectivity index (χ1n) is 7.29. The highest BCUT2D eigenvalue weighted by atomic mass is 79.9. The average Bonchev–Trinajstić information content (AvgIpc) is 2.43. The van der Waals surface area contributed by atoms with Crippen molar-refractivity contribution < 1.29 is 0 Å². The fraction of sp³-hybridized carbons (Fsp3) is 0.625. The topological polar surface area (TPSA) is 12.0 Å². The molecule has 19 heavy (non-hydrogen) atoms. The summed E-state index contributed by atoms with van der Waals surface area (Å²) in [5.74, 6) is 1.31. The zero-order valence-corrected chi connectivity index (χ0v) is 14.2. The Labute approximate surface area is 130 Å². The molecule has 1 aromatic carbocycles. The van der Waals surface area contributed by atoms with Crippen LogP contribution in [0.4, 0.5) is 0 Å². The average molecular weight is 342 g/mol. The lowest BCUT2D eigenvalue weighted by Crippen LogP contribution is -2.35. The van der Waals surface area contributed by atoms with Crippen LogP contribution in [0.2, 0.25) is 0 Å². The molecule has 1 aromatic rings. The second kappa shape index (κ2) is 8.33. The normalized spacial score (nSPS) is 18.3. The van der Waals surface area contributed by atoms with E-state index >= 15 is 0 Å². The van der Waals surface area contributed by atoms with Gasteiger partial charge in [0.2, 0.25) is 0 Å². The van der Waals surface area contributed by atoms with Crippen LogP contribution in [-0.2, 0) is 12.8 Å². The zero-order valence-electron chi connectivity index (χ0n) is 11.8. The maximum Gasteiger partial charge on any atom is 0.0178 e. The van der Waals surface area contributed by atoms with Gasteiger partial charge in [-0.1, -0.05) is 28.4 Å². The molecule has 0 bridgehead atoms. The van der Waals surface area contributed by atoms with Gasteiger partial charge in [-0.25, -0.2) is 0 Å². The van der Waals surface area contributed by atoms with Crippen LogP contribution < -0.4 is 5.32 Å². The highest BCUT2D eigenvalue weighted by Crippen LogP contribution is 2.24. The van der Waals surface area contributed by atoms with Gasteiger partial charge < -0.3 is 5.32 Å². The molecule has 1 aliphatic carbocycles. The fourth-order valence-electron chi connectivity index (χ4n) is 2.75. The molecule has 0 radical (unpaired) electrons. The van der Waals surface area contributed by atoms with Crippen molar-refractivity contribution in [2.24, 2.45) is 0 Å². The molecule has 0 spiro atoms. The lowest BCUT2D eigenvalue weighted by molar-refractivity contribution is 0.450. The second-order valence-corrected chi connectivity index (χ2v) is 7.26. The fourth-order valence-corrected chi connectivity index (χ4v) is 3.65. The van der Waals surface area contributed by atoms with E-state index in [-0.39, 0.29) is 0 Å². The van der Waals surface area contributed by atoms with Gasteiger partial charge in [0.15, 0.2) is 0 Å². The number of nitrogens with one attached hydrogen (secondary N) is 1. The van der Waals surface area contributed by atoms with Gasteiger partial charge in [0, 0.05) is 10.5 Å². The van der Waals surface area contributed by atoms with Crippen LogP contribution >= 0.6 is 27.7 Å². The third kappa shape index (κ3) is 5.13. The summed E-state index contributed by atoms with van der Waals surface area (Å²) in [6.45, 7) is 1.19. The van der Waals surface area contributed by atoms with Gasteiger partial charge in [0.25, 0.3) is 0 Å². The molecule has 0 saturated heterocycles. The van der Waals surface area contributed by atoms with Gasteiger partial charge in [-0.2, -0.15) is 11.8 Å². The molecule has 106 valence electrons. The third-order valence-electron chi connectivity index (χ3n) is 3.86. The number of hydrogen-bond donors (Lipinski definition) is 1. The van der Waals surface area contributed by atoms with Crippen LogP contribution in [-0.4, -0.2) is 24.6 Å². The first kappa shape index (κ1) is 15.4. The summed E-state index contributed by atoms with van der Waals surface area (Å²) in [7, 11) is 0. The van der Waals surface area contributed by atoms with Crippen LogP contribution in [0, 0.1) is 0 Å². The third-order valence-corrected chi connectivity index (χ3v) is 5.05.